The molecule has 1 atom stereocenters. The average Bonchev–Trinajstić information content (AvgIpc) is 2.19. The van der Waals surface area contributed by atoms with Crippen LogP contribution in [0.4, 0.5) is 0 Å². The molecule has 0 unspecified atom stereocenters. The summed E-state index contributed by atoms with van der Waals surface area (Å²) in [5.74, 6) is 0. The summed E-state index contributed by atoms with van der Waals surface area (Å²) in [6.07, 6.45) is -0.519. The maximum absolute atomic E-state index is 9.68. The number of aliphatic hydroxyl groups is 2. The Bertz CT molecular complexity index is 263. The highest BCUT2D eigenvalue weighted by Crippen LogP contribution is 2.15. The monoisotopic (exact) mass is 259 g/mol. The van der Waals surface area contributed by atoms with E-state index < -0.39 is 6.10 Å². The highest BCUT2D eigenvalue weighted by molar-refractivity contribution is 9.10. The van der Waals surface area contributed by atoms with Gasteiger partial charge in [-0.2, -0.15) is 0 Å². The lowest BCUT2D eigenvalue weighted by atomic mass is 10.1. The zero-order chi connectivity index (χ0) is 10.4. The van der Waals surface area contributed by atoms with Gasteiger partial charge in [-0.25, -0.2) is 0 Å². The first-order valence-corrected chi connectivity index (χ1v) is 5.28. The second kappa shape index (κ2) is 6.14. The molecule has 4 heteroatoms. The summed E-state index contributed by atoms with van der Waals surface area (Å²) in [5, 5.41) is 21.2. The molecule has 78 valence electrons. The van der Waals surface area contributed by atoms with Crippen LogP contribution in [0.25, 0.3) is 0 Å². The normalized spacial score (nSPS) is 12.8. The third kappa shape index (κ3) is 3.75. The van der Waals surface area contributed by atoms with Crippen molar-refractivity contribution in [3.8, 4) is 0 Å². The van der Waals surface area contributed by atoms with E-state index >= 15 is 0 Å². The van der Waals surface area contributed by atoms with Gasteiger partial charge in [0.05, 0.1) is 12.7 Å². The molecule has 0 saturated heterocycles. The molecule has 0 amide bonds. The molecule has 0 aliphatic rings. The van der Waals surface area contributed by atoms with E-state index in [1.165, 1.54) is 0 Å². The largest absolute Gasteiger partial charge is 0.395 e. The fourth-order valence-corrected chi connectivity index (χ4v) is 1.38. The van der Waals surface area contributed by atoms with Gasteiger partial charge in [0.15, 0.2) is 0 Å². The molecule has 1 rings (SSSR count). The van der Waals surface area contributed by atoms with Gasteiger partial charge in [-0.1, -0.05) is 28.1 Å². The number of aliphatic hydroxyl groups excluding tert-OH is 2. The predicted octanol–water partition coefficient (Wildman–Crippen LogP) is 1.06. The molecule has 1 aromatic rings. The lowest BCUT2D eigenvalue weighted by molar-refractivity contribution is 0.171. The van der Waals surface area contributed by atoms with Crippen LogP contribution >= 0.6 is 15.9 Å². The molecule has 3 nitrogen and oxygen atoms in total. The van der Waals surface area contributed by atoms with Crippen LogP contribution in [-0.4, -0.2) is 29.9 Å². The quantitative estimate of drug-likeness (QED) is 0.694. The number of hydrogen-bond donors (Lipinski definition) is 3. The molecule has 0 aliphatic carbocycles. The SMILES string of the molecule is OCCNC[C@@H](O)c1ccc(Br)cc1. The number of halogens is 1. The summed E-state index contributed by atoms with van der Waals surface area (Å²) >= 11 is 3.33. The van der Waals surface area contributed by atoms with E-state index in [1.54, 1.807) is 0 Å². The van der Waals surface area contributed by atoms with E-state index in [-0.39, 0.29) is 6.61 Å². The van der Waals surface area contributed by atoms with Crippen LogP contribution in [-0.2, 0) is 0 Å². The van der Waals surface area contributed by atoms with Gasteiger partial charge in [0.2, 0.25) is 0 Å². The van der Waals surface area contributed by atoms with Gasteiger partial charge in [-0.3, -0.25) is 0 Å². The fourth-order valence-electron chi connectivity index (χ4n) is 1.12. The van der Waals surface area contributed by atoms with Crippen molar-refractivity contribution in [2.24, 2.45) is 0 Å². The Morgan fingerprint density at radius 2 is 1.93 bits per heavy atom. The van der Waals surface area contributed by atoms with Gasteiger partial charge in [0.1, 0.15) is 0 Å². The molecule has 0 radical (unpaired) electrons. The minimum Gasteiger partial charge on any atom is -0.395 e. The first-order valence-electron chi connectivity index (χ1n) is 4.49. The topological polar surface area (TPSA) is 52.5 Å². The minimum atomic E-state index is -0.519. The Hall–Kier alpha value is -0.420. The number of hydrogen-bond acceptors (Lipinski definition) is 3. The van der Waals surface area contributed by atoms with Crippen LogP contribution in [0.15, 0.2) is 28.7 Å². The zero-order valence-electron chi connectivity index (χ0n) is 7.78. The van der Waals surface area contributed by atoms with Crippen LogP contribution < -0.4 is 5.32 Å². The summed E-state index contributed by atoms with van der Waals surface area (Å²) in [6.45, 7) is 1.06. The van der Waals surface area contributed by atoms with Gasteiger partial charge >= 0.3 is 0 Å². The standard InChI is InChI=1S/C10H14BrNO2/c11-9-3-1-8(2-4-9)10(14)7-12-5-6-13/h1-4,10,12-14H,5-7H2/t10-/m1/s1. The van der Waals surface area contributed by atoms with Crippen molar-refractivity contribution in [1.82, 2.24) is 5.32 Å². The molecular formula is C10H14BrNO2. The maximum Gasteiger partial charge on any atom is 0.0914 e. The Balaban J connectivity index is 2.43. The molecule has 0 heterocycles. The van der Waals surface area contributed by atoms with E-state index in [9.17, 15) is 5.11 Å². The van der Waals surface area contributed by atoms with Crippen LogP contribution in [0.2, 0.25) is 0 Å². The molecule has 0 saturated carbocycles. The Labute approximate surface area is 91.9 Å². The van der Waals surface area contributed by atoms with E-state index in [1.807, 2.05) is 24.3 Å². The Morgan fingerprint density at radius 1 is 1.29 bits per heavy atom. The summed E-state index contributed by atoms with van der Waals surface area (Å²) in [4.78, 5) is 0. The third-order valence-electron chi connectivity index (χ3n) is 1.88. The molecule has 0 bridgehead atoms. The van der Waals surface area contributed by atoms with Gasteiger partial charge in [-0.05, 0) is 17.7 Å². The fraction of sp³-hybridized carbons (Fsp3) is 0.400. The number of rotatable bonds is 5. The average molecular weight is 260 g/mol. The molecule has 0 aliphatic heterocycles. The minimum absolute atomic E-state index is 0.0903. The van der Waals surface area contributed by atoms with Gasteiger partial charge in [-0.15, -0.1) is 0 Å². The van der Waals surface area contributed by atoms with Crippen molar-refractivity contribution in [2.75, 3.05) is 19.7 Å². The molecule has 0 spiro atoms. The Morgan fingerprint density at radius 3 is 2.50 bits per heavy atom. The van der Waals surface area contributed by atoms with Crippen molar-refractivity contribution in [2.45, 2.75) is 6.10 Å². The summed E-state index contributed by atoms with van der Waals surface area (Å²) < 4.78 is 0.997. The smallest absolute Gasteiger partial charge is 0.0914 e. The summed E-state index contributed by atoms with van der Waals surface area (Å²) in [5.41, 5.74) is 0.874. The van der Waals surface area contributed by atoms with Crippen molar-refractivity contribution in [1.29, 1.82) is 0 Å². The first kappa shape index (κ1) is 11.7. The number of benzene rings is 1. The van der Waals surface area contributed by atoms with Crippen molar-refractivity contribution >= 4 is 15.9 Å². The second-order valence-corrected chi connectivity index (χ2v) is 3.91. The molecule has 0 aromatic heterocycles. The summed E-state index contributed by atoms with van der Waals surface area (Å²) in [7, 11) is 0. The van der Waals surface area contributed by atoms with E-state index in [2.05, 4.69) is 21.2 Å². The Kier molecular flexibility index (Phi) is 5.11. The second-order valence-electron chi connectivity index (χ2n) is 3.00. The molecular weight excluding hydrogens is 246 g/mol. The van der Waals surface area contributed by atoms with Gasteiger partial charge < -0.3 is 15.5 Å². The number of nitrogens with one attached hydrogen (secondary N) is 1. The van der Waals surface area contributed by atoms with Crippen molar-refractivity contribution in [3.05, 3.63) is 34.3 Å². The summed E-state index contributed by atoms with van der Waals surface area (Å²) in [6, 6.07) is 7.53. The molecule has 3 N–H and O–H groups in total. The zero-order valence-corrected chi connectivity index (χ0v) is 9.37. The maximum atomic E-state index is 9.68. The lowest BCUT2D eigenvalue weighted by Gasteiger charge is -2.11. The molecule has 1 aromatic carbocycles. The van der Waals surface area contributed by atoms with Crippen LogP contribution in [0.5, 0.6) is 0 Å². The van der Waals surface area contributed by atoms with Crippen LogP contribution in [0.3, 0.4) is 0 Å². The van der Waals surface area contributed by atoms with Crippen molar-refractivity contribution in [3.63, 3.8) is 0 Å². The third-order valence-corrected chi connectivity index (χ3v) is 2.41. The van der Waals surface area contributed by atoms with E-state index in [4.69, 9.17) is 5.11 Å². The van der Waals surface area contributed by atoms with Gasteiger partial charge in [0.25, 0.3) is 0 Å². The first-order chi connectivity index (χ1) is 6.74. The van der Waals surface area contributed by atoms with Crippen LogP contribution in [0, 0.1) is 0 Å². The highest BCUT2D eigenvalue weighted by atomic mass is 79.9. The highest BCUT2D eigenvalue weighted by Gasteiger charge is 2.05. The molecule has 14 heavy (non-hydrogen) atoms. The molecule has 0 fully saturated rings. The van der Waals surface area contributed by atoms with E-state index in [0.29, 0.717) is 13.1 Å². The lowest BCUT2D eigenvalue weighted by Crippen LogP contribution is -2.24. The van der Waals surface area contributed by atoms with Gasteiger partial charge in [0, 0.05) is 17.6 Å². The van der Waals surface area contributed by atoms with Crippen LogP contribution in [0.1, 0.15) is 11.7 Å². The van der Waals surface area contributed by atoms with Crippen molar-refractivity contribution < 1.29 is 10.2 Å². The predicted molar refractivity (Wildman–Crippen MR) is 59.1 cm³/mol. The van der Waals surface area contributed by atoms with E-state index in [0.717, 1.165) is 10.0 Å².